The van der Waals surface area contributed by atoms with Crippen LogP contribution in [0.15, 0.2) is 60.4 Å². The molecule has 1 aromatic rings. The molecule has 0 aromatic heterocycles. The molecule has 240 valence electrons. The first-order valence-electron chi connectivity index (χ1n) is 14.1. The van der Waals surface area contributed by atoms with Gasteiger partial charge in [-0.1, -0.05) is 35.9 Å². The minimum Gasteiger partial charge on any atom is -0.472 e. The van der Waals surface area contributed by atoms with Gasteiger partial charge in [0.15, 0.2) is 30.1 Å². The molecule has 6 N–H and O–H groups in total. The van der Waals surface area contributed by atoms with Gasteiger partial charge in [-0.05, 0) is 37.6 Å². The van der Waals surface area contributed by atoms with Crippen LogP contribution < -0.4 is 0 Å². The monoisotopic (exact) mass is 620 g/mol. The number of hydrogen-bond donors (Lipinski definition) is 6. The maximum atomic E-state index is 13.5. The van der Waals surface area contributed by atoms with Crippen molar-refractivity contribution < 1.29 is 68.6 Å². The minimum absolute atomic E-state index is 0.428. The molecule has 0 radical (unpaired) electrons. The summed E-state index contributed by atoms with van der Waals surface area (Å²) in [6.07, 6.45) is -10.2. The molecule has 2 saturated heterocycles. The van der Waals surface area contributed by atoms with Gasteiger partial charge in [0.1, 0.15) is 36.6 Å². The molecule has 44 heavy (non-hydrogen) atoms. The number of ketones is 1. The van der Waals surface area contributed by atoms with Crippen molar-refractivity contribution in [2.75, 3.05) is 6.61 Å². The van der Waals surface area contributed by atoms with Gasteiger partial charge in [0, 0.05) is 6.08 Å². The first kappa shape index (κ1) is 32.4. The Morgan fingerprint density at radius 1 is 0.955 bits per heavy atom. The Balaban J connectivity index is 1.38. The van der Waals surface area contributed by atoms with Gasteiger partial charge >= 0.3 is 5.97 Å². The summed E-state index contributed by atoms with van der Waals surface area (Å²) in [4.78, 5) is 26.3. The van der Waals surface area contributed by atoms with Gasteiger partial charge in [0.25, 0.3) is 0 Å². The lowest BCUT2D eigenvalue weighted by Gasteiger charge is -2.47. The van der Waals surface area contributed by atoms with Gasteiger partial charge in [-0.15, -0.1) is 0 Å². The van der Waals surface area contributed by atoms with E-state index in [-0.39, 0.29) is 0 Å². The summed E-state index contributed by atoms with van der Waals surface area (Å²) in [7, 11) is 0. The fourth-order valence-corrected chi connectivity index (χ4v) is 5.71. The number of carbonyl (C=O) groups is 2. The smallest absolute Gasteiger partial charge is 0.331 e. The average molecular weight is 621 g/mol. The fourth-order valence-electron chi connectivity index (χ4n) is 5.71. The Kier molecular flexibility index (Phi) is 9.67. The van der Waals surface area contributed by atoms with E-state index in [9.17, 15) is 40.2 Å². The molecule has 2 fully saturated rings. The maximum absolute atomic E-state index is 13.5. The predicted molar refractivity (Wildman–Crippen MR) is 147 cm³/mol. The number of aliphatic hydroxyl groups is 6. The second-order valence-corrected chi connectivity index (χ2v) is 11.1. The van der Waals surface area contributed by atoms with E-state index >= 15 is 0 Å². The van der Waals surface area contributed by atoms with Crippen LogP contribution in [-0.4, -0.2) is 122 Å². The Labute approximate surface area is 252 Å². The molecule has 0 spiro atoms. The lowest BCUT2D eigenvalue weighted by Crippen LogP contribution is -2.63. The third-order valence-corrected chi connectivity index (χ3v) is 8.17. The van der Waals surface area contributed by atoms with Crippen molar-refractivity contribution in [1.29, 1.82) is 0 Å². The second-order valence-electron chi connectivity index (χ2n) is 11.1. The van der Waals surface area contributed by atoms with E-state index in [1.54, 1.807) is 31.2 Å². The van der Waals surface area contributed by atoms with Crippen molar-refractivity contribution in [2.24, 2.45) is 5.92 Å². The molecule has 0 amide bonds. The molecule has 14 heteroatoms. The van der Waals surface area contributed by atoms with Crippen molar-refractivity contribution >= 4 is 17.8 Å². The number of esters is 1. The Morgan fingerprint density at radius 3 is 2.39 bits per heavy atom. The number of aliphatic hydroxyl groups excluding tert-OH is 6. The van der Waals surface area contributed by atoms with E-state index in [1.807, 2.05) is 6.07 Å². The molecule has 0 bridgehead atoms. The van der Waals surface area contributed by atoms with Crippen LogP contribution in [-0.2, 0) is 38.0 Å². The van der Waals surface area contributed by atoms with Crippen molar-refractivity contribution in [3.05, 3.63) is 66.0 Å². The quantitative estimate of drug-likeness (QED) is 0.147. The largest absolute Gasteiger partial charge is 0.472 e. The molecule has 0 unspecified atom stereocenters. The lowest BCUT2D eigenvalue weighted by molar-refractivity contribution is -0.353. The number of ether oxygens (including phenoxy) is 6. The van der Waals surface area contributed by atoms with Gasteiger partial charge in [0.05, 0.1) is 24.9 Å². The zero-order chi connectivity index (χ0) is 31.8. The zero-order valence-electron chi connectivity index (χ0n) is 23.9. The van der Waals surface area contributed by atoms with E-state index in [0.717, 1.165) is 12.3 Å². The topological polar surface area (TPSA) is 211 Å². The van der Waals surface area contributed by atoms with Crippen LogP contribution in [0.5, 0.6) is 0 Å². The maximum Gasteiger partial charge on any atom is 0.331 e. The number of rotatable bonds is 8. The Morgan fingerprint density at radius 2 is 1.68 bits per heavy atom. The molecule has 0 saturated carbocycles. The first-order chi connectivity index (χ1) is 21.0. The Hall–Kier alpha value is -3.02. The van der Waals surface area contributed by atoms with Crippen molar-refractivity contribution in [3.63, 3.8) is 0 Å². The standard InChI is InChI=1S/C30H36O14/c1-14-12-18(32)30(10-11-39-27(20(14)30)43-28-25(38)23(36)22(35)17(13-31)41-28)44-29-26(24(37)21(34)15(2)40-29)42-19(33)9-8-16-6-4-3-5-7-16/h3-12,15,17,20-29,31,34-38H,13H2,1-2H3/t15-,17-,20+,21+,22-,23+,24-,25-,26-,27+,28-,29+,30-/m1/s1. The van der Waals surface area contributed by atoms with Crippen molar-refractivity contribution in [3.8, 4) is 0 Å². The van der Waals surface area contributed by atoms with Crippen LogP contribution in [0.3, 0.4) is 0 Å². The normalized spacial score (nSPS) is 42.1. The number of carbonyl (C=O) groups excluding carboxylic acids is 2. The summed E-state index contributed by atoms with van der Waals surface area (Å²) < 4.78 is 34.5. The van der Waals surface area contributed by atoms with E-state index in [2.05, 4.69) is 0 Å². The summed E-state index contributed by atoms with van der Waals surface area (Å²) in [6, 6.07) is 8.91. The van der Waals surface area contributed by atoms with Gasteiger partial charge in [-0.25, -0.2) is 4.79 Å². The molecule has 3 heterocycles. The van der Waals surface area contributed by atoms with Crippen molar-refractivity contribution in [2.45, 2.75) is 87.2 Å². The van der Waals surface area contributed by atoms with Crippen LogP contribution in [0.2, 0.25) is 0 Å². The molecule has 14 nitrogen and oxygen atoms in total. The number of hydrogen-bond acceptors (Lipinski definition) is 14. The van der Waals surface area contributed by atoms with E-state index in [4.69, 9.17) is 28.4 Å². The number of fused-ring (bicyclic) bond motifs is 1. The fraction of sp³-hybridized carbons (Fsp3) is 0.533. The van der Waals surface area contributed by atoms with Crippen LogP contribution in [0.25, 0.3) is 6.08 Å². The predicted octanol–water partition coefficient (Wildman–Crippen LogP) is -1.33. The molecule has 1 aliphatic carbocycles. The van der Waals surface area contributed by atoms with Crippen LogP contribution in [0, 0.1) is 5.92 Å². The molecule has 5 rings (SSSR count). The highest BCUT2D eigenvalue weighted by atomic mass is 16.8. The lowest BCUT2D eigenvalue weighted by atomic mass is 9.83. The van der Waals surface area contributed by atoms with E-state index in [0.29, 0.717) is 11.1 Å². The van der Waals surface area contributed by atoms with E-state index < -0.39 is 97.6 Å². The summed E-state index contributed by atoms with van der Waals surface area (Å²) >= 11 is 0. The van der Waals surface area contributed by atoms with E-state index in [1.165, 1.54) is 25.2 Å². The molecular formula is C30H36O14. The van der Waals surface area contributed by atoms with Crippen molar-refractivity contribution in [1.82, 2.24) is 0 Å². The van der Waals surface area contributed by atoms with Gasteiger partial charge in [-0.3, -0.25) is 4.79 Å². The summed E-state index contributed by atoms with van der Waals surface area (Å²) in [5.41, 5.74) is -0.736. The van der Waals surface area contributed by atoms with Gasteiger partial charge in [0.2, 0.25) is 6.29 Å². The first-order valence-corrected chi connectivity index (χ1v) is 14.1. The summed E-state index contributed by atoms with van der Waals surface area (Å²) in [5.74, 6) is -2.47. The third-order valence-electron chi connectivity index (χ3n) is 8.17. The van der Waals surface area contributed by atoms with Crippen LogP contribution in [0.4, 0.5) is 0 Å². The highest BCUT2D eigenvalue weighted by Gasteiger charge is 2.60. The minimum atomic E-state index is -1.88. The van der Waals surface area contributed by atoms with Crippen LogP contribution >= 0.6 is 0 Å². The molecule has 13 atom stereocenters. The van der Waals surface area contributed by atoms with Gasteiger partial charge < -0.3 is 59.1 Å². The third kappa shape index (κ3) is 6.10. The highest BCUT2D eigenvalue weighted by Crippen LogP contribution is 2.46. The second kappa shape index (κ2) is 13.1. The van der Waals surface area contributed by atoms with Gasteiger partial charge in [-0.2, -0.15) is 0 Å². The average Bonchev–Trinajstić information content (AvgIpc) is 3.27. The highest BCUT2D eigenvalue weighted by molar-refractivity contribution is 6.03. The SMILES string of the molecule is CC1=CC(=O)[C@]2(O[C@@H]3O[C@H](C)[C@H](O)[C@@H](O)[C@H]3OC(=O)C=Cc3ccccc3)C=CO[C@@H](O[C@H]3O[C@H](CO)[C@@H](O)[C@H](O)[C@H]3O)[C@H]12. The molecule has 1 aromatic carbocycles. The number of benzene rings is 1. The zero-order valence-corrected chi connectivity index (χ0v) is 23.9. The molecular weight excluding hydrogens is 584 g/mol. The Bertz CT molecular complexity index is 1280. The van der Waals surface area contributed by atoms with Crippen LogP contribution in [0.1, 0.15) is 19.4 Å². The summed E-state index contributed by atoms with van der Waals surface area (Å²) in [6.45, 7) is 2.39. The summed E-state index contributed by atoms with van der Waals surface area (Å²) in [5, 5.41) is 61.8. The molecule has 3 aliphatic heterocycles. The molecule has 4 aliphatic rings.